The summed E-state index contributed by atoms with van der Waals surface area (Å²) in [5.74, 6) is 2.48. The molecule has 5 rings (SSSR count). The van der Waals surface area contributed by atoms with Gasteiger partial charge in [0.2, 0.25) is 11.6 Å². The van der Waals surface area contributed by atoms with E-state index in [0.717, 1.165) is 16.3 Å². The zero-order chi connectivity index (χ0) is 23.5. The number of hydrogen-bond acceptors (Lipinski definition) is 9. The third kappa shape index (κ3) is 4.43. The molecule has 0 atom stereocenters. The molecule has 9 nitrogen and oxygen atoms in total. The molecule has 0 radical (unpaired) electrons. The summed E-state index contributed by atoms with van der Waals surface area (Å²) in [7, 11) is 0. The Kier molecular flexibility index (Phi) is 6.10. The van der Waals surface area contributed by atoms with Gasteiger partial charge in [-0.2, -0.15) is 10.2 Å². The van der Waals surface area contributed by atoms with Crippen LogP contribution in [0.2, 0.25) is 0 Å². The molecule has 0 saturated carbocycles. The Morgan fingerprint density at radius 3 is 2.71 bits per heavy atom. The molecule has 1 saturated heterocycles. The van der Waals surface area contributed by atoms with Crippen molar-refractivity contribution in [1.82, 2.24) is 15.0 Å². The van der Waals surface area contributed by atoms with Gasteiger partial charge in [-0.15, -0.1) is 11.8 Å². The van der Waals surface area contributed by atoms with Crippen molar-refractivity contribution in [3.63, 3.8) is 0 Å². The highest BCUT2D eigenvalue weighted by atomic mass is 32.2. The number of carbonyl (C=O) groups excluding carboxylic acids is 1. The molecule has 1 aliphatic heterocycles. The van der Waals surface area contributed by atoms with Crippen LogP contribution in [0.15, 0.2) is 67.0 Å². The van der Waals surface area contributed by atoms with E-state index < -0.39 is 0 Å². The Balaban J connectivity index is 1.26. The van der Waals surface area contributed by atoms with Crippen LogP contribution in [0.3, 0.4) is 0 Å². The maximum absolute atomic E-state index is 13.3. The smallest absolute Gasteiger partial charge is 0.266 e. The molecule has 1 amide bonds. The van der Waals surface area contributed by atoms with Gasteiger partial charge in [0.25, 0.3) is 11.8 Å². The van der Waals surface area contributed by atoms with Crippen molar-refractivity contribution in [2.24, 2.45) is 0 Å². The zero-order valence-electron chi connectivity index (χ0n) is 18.4. The predicted octanol–water partition coefficient (Wildman–Crippen LogP) is 4.36. The second-order valence-corrected chi connectivity index (χ2v) is 8.78. The topological polar surface area (TPSA) is 113 Å². The van der Waals surface area contributed by atoms with Crippen LogP contribution in [-0.2, 0) is 5.75 Å². The fourth-order valence-electron chi connectivity index (χ4n) is 3.79. The van der Waals surface area contributed by atoms with Gasteiger partial charge >= 0.3 is 0 Å². The third-order valence-electron chi connectivity index (χ3n) is 5.47. The second kappa shape index (κ2) is 9.49. The lowest BCUT2D eigenvalue weighted by Gasteiger charge is -2.34. The number of thioether (sulfide) groups is 1. The van der Waals surface area contributed by atoms with Crippen molar-refractivity contribution in [2.45, 2.75) is 17.6 Å². The first-order valence-corrected chi connectivity index (χ1v) is 11.7. The fourth-order valence-corrected chi connectivity index (χ4v) is 4.71. The first-order valence-electron chi connectivity index (χ1n) is 10.8. The fraction of sp³-hybridized carbons (Fsp3) is 0.250. The van der Waals surface area contributed by atoms with Crippen LogP contribution < -0.4 is 4.90 Å². The minimum atomic E-state index is -0.0224. The van der Waals surface area contributed by atoms with E-state index in [1.807, 2.05) is 47.1 Å². The average Bonchev–Trinajstić information content (AvgIpc) is 3.63. The molecule has 34 heavy (non-hydrogen) atoms. The summed E-state index contributed by atoms with van der Waals surface area (Å²) in [5, 5.41) is 13.4. The van der Waals surface area contributed by atoms with E-state index in [9.17, 15) is 10.1 Å². The normalized spacial score (nSPS) is 13.8. The molecule has 1 fully saturated rings. The van der Waals surface area contributed by atoms with Gasteiger partial charge in [-0.05, 0) is 31.2 Å². The van der Waals surface area contributed by atoms with Crippen LogP contribution in [0.25, 0.3) is 11.7 Å². The number of amides is 1. The van der Waals surface area contributed by atoms with Crippen molar-refractivity contribution in [1.29, 1.82) is 5.26 Å². The monoisotopic (exact) mass is 475 g/mol. The van der Waals surface area contributed by atoms with Crippen LogP contribution in [0.4, 0.5) is 5.88 Å². The van der Waals surface area contributed by atoms with E-state index in [4.69, 9.17) is 13.4 Å². The van der Waals surface area contributed by atoms with Gasteiger partial charge in [0, 0.05) is 37.1 Å². The molecule has 1 aliphatic rings. The number of carbonyl (C=O) groups is 1. The number of benzene rings is 1. The van der Waals surface area contributed by atoms with Crippen LogP contribution in [0.1, 0.15) is 27.5 Å². The Hall–Kier alpha value is -3.97. The highest BCUT2D eigenvalue weighted by Crippen LogP contribution is 2.30. The molecule has 0 aliphatic carbocycles. The Morgan fingerprint density at radius 1 is 1.18 bits per heavy atom. The highest BCUT2D eigenvalue weighted by molar-refractivity contribution is 7.98. The number of piperazine rings is 1. The first-order chi connectivity index (χ1) is 16.6. The summed E-state index contributed by atoms with van der Waals surface area (Å²) in [5.41, 5.74) is 1.70. The molecule has 4 aromatic rings. The Bertz CT molecular complexity index is 1330. The average molecular weight is 476 g/mol. The molecule has 0 spiro atoms. The third-order valence-corrected chi connectivity index (χ3v) is 6.56. The van der Waals surface area contributed by atoms with Gasteiger partial charge < -0.3 is 23.2 Å². The van der Waals surface area contributed by atoms with E-state index in [2.05, 4.69) is 16.2 Å². The van der Waals surface area contributed by atoms with Crippen LogP contribution >= 0.6 is 11.8 Å². The molecule has 10 heteroatoms. The number of nitriles is 1. The number of nitrogens with zero attached hydrogens (tertiary/aromatic N) is 5. The summed E-state index contributed by atoms with van der Waals surface area (Å²) in [6.45, 7) is 3.94. The lowest BCUT2D eigenvalue weighted by Crippen LogP contribution is -2.49. The summed E-state index contributed by atoms with van der Waals surface area (Å²) in [6.07, 6.45) is 1.53. The number of aryl methyl sites for hydroxylation is 1. The van der Waals surface area contributed by atoms with Gasteiger partial charge in [0.05, 0.1) is 23.3 Å². The summed E-state index contributed by atoms with van der Waals surface area (Å²) >= 11 is 1.55. The summed E-state index contributed by atoms with van der Waals surface area (Å²) in [6, 6.07) is 15.0. The standard InChI is InChI=1S/C24H21N5O4S/c1-16-13-17(33-27-16)15-34-21-7-3-2-5-18(21)23(30)28-8-10-29(11-9-28)24-19(14-25)26-22(32-24)20-6-4-12-31-20/h2-7,12-13H,8-11,15H2,1H3. The lowest BCUT2D eigenvalue weighted by atomic mass is 10.2. The van der Waals surface area contributed by atoms with E-state index in [-0.39, 0.29) is 17.5 Å². The van der Waals surface area contributed by atoms with Gasteiger partial charge in [-0.3, -0.25) is 4.79 Å². The summed E-state index contributed by atoms with van der Waals surface area (Å²) in [4.78, 5) is 22.2. The van der Waals surface area contributed by atoms with Crippen molar-refractivity contribution >= 4 is 23.6 Å². The van der Waals surface area contributed by atoms with E-state index in [1.54, 1.807) is 23.9 Å². The van der Waals surface area contributed by atoms with Gasteiger partial charge in [-0.1, -0.05) is 17.3 Å². The zero-order valence-corrected chi connectivity index (χ0v) is 19.2. The highest BCUT2D eigenvalue weighted by Gasteiger charge is 2.28. The van der Waals surface area contributed by atoms with E-state index in [0.29, 0.717) is 49.1 Å². The number of rotatable bonds is 6. The maximum Gasteiger partial charge on any atom is 0.266 e. The van der Waals surface area contributed by atoms with E-state index >= 15 is 0 Å². The van der Waals surface area contributed by atoms with Gasteiger partial charge in [-0.25, -0.2) is 0 Å². The summed E-state index contributed by atoms with van der Waals surface area (Å²) < 4.78 is 16.5. The number of aromatic nitrogens is 2. The van der Waals surface area contributed by atoms with Crippen molar-refractivity contribution < 1.29 is 18.2 Å². The molecule has 3 aromatic heterocycles. The number of oxazole rings is 1. The van der Waals surface area contributed by atoms with Crippen LogP contribution in [0.5, 0.6) is 0 Å². The van der Waals surface area contributed by atoms with Gasteiger partial charge in [0.1, 0.15) is 11.8 Å². The molecule has 0 unspecified atom stereocenters. The Labute approximate surface area is 199 Å². The molecular weight excluding hydrogens is 454 g/mol. The molecule has 1 aromatic carbocycles. The Morgan fingerprint density at radius 2 is 2.00 bits per heavy atom. The number of anilines is 1. The maximum atomic E-state index is 13.3. The predicted molar refractivity (Wildman–Crippen MR) is 124 cm³/mol. The molecule has 172 valence electrons. The minimum absolute atomic E-state index is 0.0224. The van der Waals surface area contributed by atoms with Gasteiger partial charge in [0.15, 0.2) is 5.76 Å². The molecule has 0 N–H and O–H groups in total. The SMILES string of the molecule is Cc1cc(CSc2ccccc2C(=O)N2CCN(c3oc(-c4ccco4)nc3C#N)CC2)on1. The molecular formula is C24H21N5O4S. The number of furan rings is 1. The van der Waals surface area contributed by atoms with Crippen molar-refractivity contribution in [2.75, 3.05) is 31.1 Å². The van der Waals surface area contributed by atoms with Crippen LogP contribution in [0, 0.1) is 18.3 Å². The van der Waals surface area contributed by atoms with E-state index in [1.165, 1.54) is 6.26 Å². The van der Waals surface area contributed by atoms with Crippen LogP contribution in [-0.4, -0.2) is 47.1 Å². The quantitative estimate of drug-likeness (QED) is 0.375. The second-order valence-electron chi connectivity index (χ2n) is 7.76. The number of hydrogen-bond donors (Lipinski definition) is 0. The molecule has 0 bridgehead atoms. The lowest BCUT2D eigenvalue weighted by molar-refractivity contribution is 0.0742. The van der Waals surface area contributed by atoms with Crippen molar-refractivity contribution in [3.05, 3.63) is 71.4 Å². The minimum Gasteiger partial charge on any atom is -0.459 e. The largest absolute Gasteiger partial charge is 0.459 e. The molecule has 4 heterocycles. The first kappa shape index (κ1) is 21.9. The van der Waals surface area contributed by atoms with Crippen molar-refractivity contribution in [3.8, 4) is 17.7 Å².